The molecule has 0 amide bonds. The van der Waals surface area contributed by atoms with E-state index < -0.39 is 13.5 Å². The molecule has 0 N–H and O–H groups in total. The van der Waals surface area contributed by atoms with Crippen molar-refractivity contribution >= 4 is 19.6 Å². The number of rotatable bonds is 5. The molecule has 0 heterocycles. The number of Topliss-reactive ketones (excluding diaryl/α,β-unsaturated/α-hetero) is 2. The Balaban J connectivity index is 2.46. The predicted octanol–water partition coefficient (Wildman–Crippen LogP) is 3.99. The van der Waals surface area contributed by atoms with E-state index in [-0.39, 0.29) is 11.6 Å². The molecule has 0 spiro atoms. The zero-order valence-electron chi connectivity index (χ0n) is 12.2. The normalized spacial score (nSPS) is 20.7. The molecule has 0 aromatic heterocycles. The van der Waals surface area contributed by atoms with Crippen molar-refractivity contribution in [2.75, 3.05) is 0 Å². The lowest BCUT2D eigenvalue weighted by atomic mass is 9.71. The summed E-state index contributed by atoms with van der Waals surface area (Å²) in [6, 6.07) is 1.17. The van der Waals surface area contributed by atoms with Crippen LogP contribution in [0.4, 0.5) is 0 Å². The van der Waals surface area contributed by atoms with Crippen molar-refractivity contribution in [1.29, 1.82) is 0 Å². The summed E-state index contributed by atoms with van der Waals surface area (Å²) in [5.41, 5.74) is -0.693. The maximum absolute atomic E-state index is 11.9. The minimum absolute atomic E-state index is 0.150. The van der Waals surface area contributed by atoms with E-state index in [9.17, 15) is 9.59 Å². The standard InChI is InChI=1S/C15H26O2Si/c1-15(13(16)9-8-10-14(15)17)11-6-5-7-12-18(2,3)4/h5,7H,6,8-12H2,1-4H3/b7-5+. The van der Waals surface area contributed by atoms with Crippen molar-refractivity contribution in [3.63, 3.8) is 0 Å². The third kappa shape index (κ3) is 4.20. The summed E-state index contributed by atoms with van der Waals surface area (Å²) in [4.78, 5) is 23.8. The second-order valence-electron chi connectivity index (χ2n) is 6.81. The summed E-state index contributed by atoms with van der Waals surface area (Å²) < 4.78 is 0. The first-order valence-corrected chi connectivity index (χ1v) is 10.7. The Morgan fingerprint density at radius 1 is 1.11 bits per heavy atom. The van der Waals surface area contributed by atoms with Crippen LogP contribution in [0.2, 0.25) is 25.7 Å². The molecular weight excluding hydrogens is 240 g/mol. The van der Waals surface area contributed by atoms with Gasteiger partial charge in [0.15, 0.2) is 0 Å². The fourth-order valence-electron chi connectivity index (χ4n) is 2.32. The SMILES string of the molecule is CC1(CC/C=C/C[Si](C)(C)C)C(=O)CCCC1=O. The molecule has 0 atom stereocenters. The number of carbonyl (C=O) groups is 2. The van der Waals surface area contributed by atoms with Crippen LogP contribution in [0.15, 0.2) is 12.2 Å². The highest BCUT2D eigenvalue weighted by atomic mass is 28.3. The predicted molar refractivity (Wildman–Crippen MR) is 78.5 cm³/mol. The molecule has 0 unspecified atom stereocenters. The zero-order chi connectivity index (χ0) is 13.8. The number of ketones is 2. The van der Waals surface area contributed by atoms with Gasteiger partial charge in [-0.3, -0.25) is 9.59 Å². The molecule has 2 nitrogen and oxygen atoms in total. The molecule has 1 rings (SSSR count). The van der Waals surface area contributed by atoms with Gasteiger partial charge in [0.1, 0.15) is 11.6 Å². The van der Waals surface area contributed by atoms with Gasteiger partial charge in [0.05, 0.1) is 5.41 Å². The number of carbonyl (C=O) groups excluding carboxylic acids is 2. The van der Waals surface area contributed by atoms with Crippen LogP contribution < -0.4 is 0 Å². The van der Waals surface area contributed by atoms with Gasteiger partial charge in [-0.15, -0.1) is 0 Å². The summed E-state index contributed by atoms with van der Waals surface area (Å²) in [6.45, 7) is 8.86. The first-order chi connectivity index (χ1) is 8.26. The molecule has 1 fully saturated rings. The van der Waals surface area contributed by atoms with Gasteiger partial charge in [-0.1, -0.05) is 31.8 Å². The lowest BCUT2D eigenvalue weighted by Gasteiger charge is -2.30. The topological polar surface area (TPSA) is 34.1 Å². The largest absolute Gasteiger partial charge is 0.299 e. The van der Waals surface area contributed by atoms with Gasteiger partial charge in [0, 0.05) is 20.9 Å². The molecule has 0 bridgehead atoms. The molecule has 1 saturated carbocycles. The van der Waals surface area contributed by atoms with E-state index >= 15 is 0 Å². The summed E-state index contributed by atoms with van der Waals surface area (Å²) in [5, 5.41) is 0. The van der Waals surface area contributed by atoms with Crippen molar-refractivity contribution in [2.45, 2.75) is 64.7 Å². The third-order valence-corrected chi connectivity index (χ3v) is 5.21. The maximum atomic E-state index is 11.9. The highest BCUT2D eigenvalue weighted by Gasteiger charge is 2.41. The average Bonchev–Trinajstić information content (AvgIpc) is 2.24. The Kier molecular flexibility index (Phi) is 5.08. The Labute approximate surface area is 112 Å². The molecule has 0 saturated heterocycles. The Morgan fingerprint density at radius 2 is 1.67 bits per heavy atom. The summed E-state index contributed by atoms with van der Waals surface area (Å²) in [6.07, 6.45) is 7.83. The molecule has 102 valence electrons. The van der Waals surface area contributed by atoms with Crippen molar-refractivity contribution in [3.8, 4) is 0 Å². The Hall–Kier alpha value is -0.703. The van der Waals surface area contributed by atoms with Gasteiger partial charge in [0.25, 0.3) is 0 Å². The summed E-state index contributed by atoms with van der Waals surface area (Å²) >= 11 is 0. The monoisotopic (exact) mass is 266 g/mol. The van der Waals surface area contributed by atoms with E-state index in [1.54, 1.807) is 0 Å². The molecule has 1 aliphatic carbocycles. The second-order valence-corrected chi connectivity index (χ2v) is 12.3. The Morgan fingerprint density at radius 3 is 2.17 bits per heavy atom. The van der Waals surface area contributed by atoms with Crippen molar-refractivity contribution in [2.24, 2.45) is 5.41 Å². The minimum atomic E-state index is -1.01. The van der Waals surface area contributed by atoms with Gasteiger partial charge >= 0.3 is 0 Å². The van der Waals surface area contributed by atoms with Crippen molar-refractivity contribution in [1.82, 2.24) is 0 Å². The van der Waals surface area contributed by atoms with Crippen LogP contribution in [0.3, 0.4) is 0 Å². The quantitative estimate of drug-likeness (QED) is 0.428. The molecule has 0 aliphatic heterocycles. The van der Waals surface area contributed by atoms with Crippen LogP contribution in [0.5, 0.6) is 0 Å². The Bertz CT molecular complexity index is 334. The van der Waals surface area contributed by atoms with Crippen LogP contribution in [-0.4, -0.2) is 19.6 Å². The lowest BCUT2D eigenvalue weighted by Crippen LogP contribution is -2.39. The molecule has 3 heteroatoms. The van der Waals surface area contributed by atoms with Crippen LogP contribution in [0, 0.1) is 5.41 Å². The van der Waals surface area contributed by atoms with E-state index in [4.69, 9.17) is 0 Å². The number of allylic oxidation sites excluding steroid dienone is 2. The van der Waals surface area contributed by atoms with Crippen LogP contribution in [0.1, 0.15) is 39.0 Å². The zero-order valence-corrected chi connectivity index (χ0v) is 13.2. The molecular formula is C15H26O2Si. The smallest absolute Gasteiger partial charge is 0.146 e. The third-order valence-electron chi connectivity index (χ3n) is 3.75. The second kappa shape index (κ2) is 5.96. The van der Waals surface area contributed by atoms with E-state index in [0.29, 0.717) is 19.3 Å². The van der Waals surface area contributed by atoms with Gasteiger partial charge in [-0.25, -0.2) is 0 Å². The fourth-order valence-corrected chi connectivity index (χ4v) is 3.20. The van der Waals surface area contributed by atoms with Crippen molar-refractivity contribution < 1.29 is 9.59 Å². The van der Waals surface area contributed by atoms with Crippen LogP contribution in [0.25, 0.3) is 0 Å². The van der Waals surface area contributed by atoms with E-state index in [1.165, 1.54) is 6.04 Å². The van der Waals surface area contributed by atoms with Crippen molar-refractivity contribution in [3.05, 3.63) is 12.2 Å². The van der Waals surface area contributed by atoms with Crippen LogP contribution in [-0.2, 0) is 9.59 Å². The first-order valence-electron chi connectivity index (χ1n) is 6.97. The molecule has 0 aromatic rings. The highest BCUT2D eigenvalue weighted by molar-refractivity contribution is 6.76. The molecule has 1 aliphatic rings. The van der Waals surface area contributed by atoms with Gasteiger partial charge in [0.2, 0.25) is 0 Å². The highest BCUT2D eigenvalue weighted by Crippen LogP contribution is 2.34. The van der Waals surface area contributed by atoms with Gasteiger partial charge < -0.3 is 0 Å². The lowest BCUT2D eigenvalue weighted by molar-refractivity contribution is -0.143. The summed E-state index contributed by atoms with van der Waals surface area (Å²) in [7, 11) is -1.01. The van der Waals surface area contributed by atoms with E-state index in [1.807, 2.05) is 6.92 Å². The molecule has 0 radical (unpaired) electrons. The molecule has 18 heavy (non-hydrogen) atoms. The minimum Gasteiger partial charge on any atom is -0.299 e. The van der Waals surface area contributed by atoms with E-state index in [0.717, 1.165) is 12.8 Å². The van der Waals surface area contributed by atoms with E-state index in [2.05, 4.69) is 31.8 Å². The average molecular weight is 266 g/mol. The van der Waals surface area contributed by atoms with Gasteiger partial charge in [-0.05, 0) is 32.2 Å². The van der Waals surface area contributed by atoms with Gasteiger partial charge in [-0.2, -0.15) is 0 Å². The maximum Gasteiger partial charge on any atom is 0.146 e. The molecule has 0 aromatic carbocycles. The summed E-state index contributed by atoms with van der Waals surface area (Å²) in [5.74, 6) is 0.301. The first kappa shape index (κ1) is 15.4. The number of hydrogen-bond donors (Lipinski definition) is 0. The number of hydrogen-bond acceptors (Lipinski definition) is 2. The van der Waals surface area contributed by atoms with Crippen LogP contribution >= 0.6 is 0 Å². The fraction of sp³-hybridized carbons (Fsp3) is 0.733.